The summed E-state index contributed by atoms with van der Waals surface area (Å²) in [7, 11) is 0. The van der Waals surface area contributed by atoms with Gasteiger partial charge in [-0.1, -0.05) is 45.8 Å². The van der Waals surface area contributed by atoms with Gasteiger partial charge in [-0.15, -0.1) is 11.6 Å². The van der Waals surface area contributed by atoms with Crippen LogP contribution < -0.4 is 0 Å². The summed E-state index contributed by atoms with van der Waals surface area (Å²) < 4.78 is 14.2. The van der Waals surface area contributed by atoms with Crippen LogP contribution in [0.4, 0.5) is 4.39 Å². The minimum Gasteiger partial charge on any atom is -0.207 e. The molecular formula is C16H15BrClF. The monoisotopic (exact) mass is 340 g/mol. The molecule has 0 aliphatic heterocycles. The Kier molecular flexibility index (Phi) is 5.00. The highest BCUT2D eigenvalue weighted by Crippen LogP contribution is 2.27. The first-order valence-electron chi connectivity index (χ1n) is 6.16. The van der Waals surface area contributed by atoms with Crippen LogP contribution >= 0.6 is 27.5 Å². The molecule has 0 amide bonds. The van der Waals surface area contributed by atoms with Gasteiger partial charge < -0.3 is 0 Å². The predicted molar refractivity (Wildman–Crippen MR) is 82.4 cm³/mol. The van der Waals surface area contributed by atoms with Gasteiger partial charge in [-0.25, -0.2) is 4.39 Å². The van der Waals surface area contributed by atoms with Crippen molar-refractivity contribution in [2.24, 2.45) is 0 Å². The van der Waals surface area contributed by atoms with E-state index in [1.807, 2.05) is 0 Å². The largest absolute Gasteiger partial charge is 0.207 e. The van der Waals surface area contributed by atoms with Gasteiger partial charge in [0.15, 0.2) is 0 Å². The van der Waals surface area contributed by atoms with E-state index < -0.39 is 0 Å². The maximum atomic E-state index is 13.3. The summed E-state index contributed by atoms with van der Waals surface area (Å²) in [6.07, 6.45) is 0.727. The molecule has 0 nitrogen and oxygen atoms in total. The Morgan fingerprint density at radius 1 is 1.16 bits per heavy atom. The van der Waals surface area contributed by atoms with Gasteiger partial charge in [-0.2, -0.15) is 0 Å². The van der Waals surface area contributed by atoms with Gasteiger partial charge in [0.05, 0.1) is 0 Å². The molecule has 0 spiro atoms. The predicted octanol–water partition coefficient (Wildman–Crippen LogP) is 5.46. The zero-order valence-corrected chi connectivity index (χ0v) is 13.0. The number of halogens is 3. The molecule has 0 saturated heterocycles. The number of aryl methyl sites for hydroxylation is 1. The highest BCUT2D eigenvalue weighted by atomic mass is 79.9. The summed E-state index contributed by atoms with van der Waals surface area (Å²) in [6, 6.07) is 13.1. The van der Waals surface area contributed by atoms with Crippen molar-refractivity contribution < 1.29 is 4.39 Å². The molecule has 2 aromatic rings. The van der Waals surface area contributed by atoms with E-state index in [-0.39, 0.29) is 11.7 Å². The molecule has 0 aromatic heterocycles. The van der Waals surface area contributed by atoms with Crippen LogP contribution in [-0.4, -0.2) is 5.88 Å². The first-order valence-corrected chi connectivity index (χ1v) is 7.49. The molecular weight excluding hydrogens is 327 g/mol. The van der Waals surface area contributed by atoms with Gasteiger partial charge in [0.2, 0.25) is 0 Å². The van der Waals surface area contributed by atoms with E-state index in [4.69, 9.17) is 11.6 Å². The van der Waals surface area contributed by atoms with Crippen molar-refractivity contribution in [3.05, 3.63) is 69.4 Å². The number of benzene rings is 2. The summed E-state index contributed by atoms with van der Waals surface area (Å²) in [6.45, 7) is 2.06. The minimum atomic E-state index is -0.213. The van der Waals surface area contributed by atoms with Crippen molar-refractivity contribution in [1.82, 2.24) is 0 Å². The Hall–Kier alpha value is -0.860. The third kappa shape index (κ3) is 3.80. The zero-order valence-electron chi connectivity index (χ0n) is 10.7. The summed E-state index contributed by atoms with van der Waals surface area (Å²) in [4.78, 5) is 0. The van der Waals surface area contributed by atoms with E-state index in [2.05, 4.69) is 47.1 Å². The van der Waals surface area contributed by atoms with Crippen molar-refractivity contribution in [2.45, 2.75) is 19.3 Å². The van der Waals surface area contributed by atoms with Gasteiger partial charge in [-0.05, 0) is 42.7 Å². The molecule has 0 N–H and O–H groups in total. The van der Waals surface area contributed by atoms with E-state index in [9.17, 15) is 4.39 Å². The highest BCUT2D eigenvalue weighted by molar-refractivity contribution is 9.10. The SMILES string of the molecule is Cc1ccc(C(CCl)Cc2cc(F)ccc2Br)cc1. The third-order valence-corrected chi connectivity index (χ3v) is 4.36. The topological polar surface area (TPSA) is 0 Å². The van der Waals surface area contributed by atoms with Crippen LogP contribution in [0.5, 0.6) is 0 Å². The zero-order chi connectivity index (χ0) is 13.8. The molecule has 100 valence electrons. The maximum absolute atomic E-state index is 13.3. The molecule has 0 bridgehead atoms. The molecule has 1 unspecified atom stereocenters. The quantitative estimate of drug-likeness (QED) is 0.648. The van der Waals surface area contributed by atoms with Crippen molar-refractivity contribution in [3.63, 3.8) is 0 Å². The smallest absolute Gasteiger partial charge is 0.123 e. The Bertz CT molecular complexity index is 551. The third-order valence-electron chi connectivity index (χ3n) is 3.21. The maximum Gasteiger partial charge on any atom is 0.123 e. The summed E-state index contributed by atoms with van der Waals surface area (Å²) in [5, 5.41) is 0. The molecule has 3 heteroatoms. The average molecular weight is 342 g/mol. The lowest BCUT2D eigenvalue weighted by Crippen LogP contribution is -2.05. The fourth-order valence-electron chi connectivity index (χ4n) is 2.07. The fourth-order valence-corrected chi connectivity index (χ4v) is 2.76. The van der Waals surface area contributed by atoms with Crippen LogP contribution in [0.25, 0.3) is 0 Å². The molecule has 19 heavy (non-hydrogen) atoms. The van der Waals surface area contributed by atoms with Crippen LogP contribution in [-0.2, 0) is 6.42 Å². The lowest BCUT2D eigenvalue weighted by molar-refractivity contribution is 0.622. The Morgan fingerprint density at radius 3 is 2.47 bits per heavy atom. The second-order valence-electron chi connectivity index (χ2n) is 4.70. The normalized spacial score (nSPS) is 12.4. The average Bonchev–Trinajstić information content (AvgIpc) is 2.41. The summed E-state index contributed by atoms with van der Waals surface area (Å²) in [5.74, 6) is 0.502. The lowest BCUT2D eigenvalue weighted by atomic mass is 9.93. The first kappa shape index (κ1) is 14.5. The number of alkyl halides is 1. The molecule has 2 aromatic carbocycles. The van der Waals surface area contributed by atoms with E-state index in [1.165, 1.54) is 17.2 Å². The standard InChI is InChI=1S/C16H15BrClF/c1-11-2-4-12(5-3-11)14(10-18)8-13-9-15(19)6-7-16(13)17/h2-7,9,14H,8,10H2,1H3. The van der Waals surface area contributed by atoms with Crippen molar-refractivity contribution >= 4 is 27.5 Å². The molecule has 0 saturated carbocycles. The molecule has 0 aliphatic carbocycles. The van der Waals surface area contributed by atoms with Gasteiger partial charge in [0.1, 0.15) is 5.82 Å². The fraction of sp³-hybridized carbons (Fsp3) is 0.250. The second-order valence-corrected chi connectivity index (χ2v) is 5.86. The van der Waals surface area contributed by atoms with E-state index >= 15 is 0 Å². The molecule has 1 atom stereocenters. The Labute approximate surface area is 126 Å². The first-order chi connectivity index (χ1) is 9.10. The molecule has 0 radical (unpaired) electrons. The summed E-state index contributed by atoms with van der Waals surface area (Å²) in [5.41, 5.74) is 3.37. The number of rotatable bonds is 4. The molecule has 2 rings (SSSR count). The van der Waals surface area contributed by atoms with Gasteiger partial charge in [0.25, 0.3) is 0 Å². The van der Waals surface area contributed by atoms with Crippen LogP contribution in [0.2, 0.25) is 0 Å². The Balaban J connectivity index is 2.23. The van der Waals surface area contributed by atoms with Crippen molar-refractivity contribution in [2.75, 3.05) is 5.88 Å². The van der Waals surface area contributed by atoms with Crippen molar-refractivity contribution in [1.29, 1.82) is 0 Å². The lowest BCUT2D eigenvalue weighted by Gasteiger charge is -2.16. The highest BCUT2D eigenvalue weighted by Gasteiger charge is 2.13. The minimum absolute atomic E-state index is 0.195. The molecule has 0 fully saturated rings. The van der Waals surface area contributed by atoms with Crippen LogP contribution in [0.3, 0.4) is 0 Å². The van der Waals surface area contributed by atoms with Crippen LogP contribution in [0.1, 0.15) is 22.6 Å². The van der Waals surface area contributed by atoms with Crippen LogP contribution in [0.15, 0.2) is 46.9 Å². The summed E-state index contributed by atoms with van der Waals surface area (Å²) >= 11 is 9.54. The van der Waals surface area contributed by atoms with E-state index in [0.717, 1.165) is 16.5 Å². The van der Waals surface area contributed by atoms with Crippen LogP contribution in [0, 0.1) is 12.7 Å². The van der Waals surface area contributed by atoms with Gasteiger partial charge >= 0.3 is 0 Å². The van der Waals surface area contributed by atoms with Gasteiger partial charge in [-0.3, -0.25) is 0 Å². The van der Waals surface area contributed by atoms with E-state index in [1.54, 1.807) is 12.1 Å². The molecule has 0 aliphatic rings. The van der Waals surface area contributed by atoms with Gasteiger partial charge in [0, 0.05) is 16.3 Å². The van der Waals surface area contributed by atoms with E-state index in [0.29, 0.717) is 5.88 Å². The van der Waals surface area contributed by atoms with Crippen molar-refractivity contribution in [3.8, 4) is 0 Å². The number of hydrogen-bond acceptors (Lipinski definition) is 0. The second kappa shape index (κ2) is 6.53. The molecule has 0 heterocycles. The number of hydrogen-bond donors (Lipinski definition) is 0. The Morgan fingerprint density at radius 2 is 1.84 bits per heavy atom.